The monoisotopic (exact) mass is 308 g/mol. The van der Waals surface area contributed by atoms with Gasteiger partial charge in [0.15, 0.2) is 0 Å². The summed E-state index contributed by atoms with van der Waals surface area (Å²) in [6.45, 7) is 0. The minimum absolute atomic E-state index is 0.389. The third kappa shape index (κ3) is 2.18. The maximum absolute atomic E-state index is 12.5. The molecule has 0 fully saturated rings. The molecule has 0 radical (unpaired) electrons. The number of hydrogen-bond donors (Lipinski definition) is 0. The molecule has 0 aromatic heterocycles. The number of hydrogen-bond acceptors (Lipinski definition) is 0. The summed E-state index contributed by atoms with van der Waals surface area (Å²) in [6, 6.07) is 6.92. The molecule has 2 rings (SSSR count). The lowest BCUT2D eigenvalue weighted by Crippen LogP contribution is -2.04. The van der Waals surface area contributed by atoms with Crippen molar-refractivity contribution in [3.8, 4) is 0 Å². The van der Waals surface area contributed by atoms with Crippen molar-refractivity contribution in [2.75, 3.05) is 0 Å². The molecule has 0 unspecified atom stereocenters. The van der Waals surface area contributed by atoms with E-state index in [1.54, 1.807) is 18.2 Å². The van der Waals surface area contributed by atoms with Crippen molar-refractivity contribution in [1.29, 1.82) is 0 Å². The Morgan fingerprint density at radius 1 is 1.06 bits per heavy atom. The van der Waals surface area contributed by atoms with Gasteiger partial charge in [0, 0.05) is 9.50 Å². The van der Waals surface area contributed by atoms with E-state index in [4.69, 9.17) is 11.6 Å². The van der Waals surface area contributed by atoms with Gasteiger partial charge in [-0.1, -0.05) is 33.6 Å². The van der Waals surface area contributed by atoms with Gasteiger partial charge in [-0.25, -0.2) is 0 Å². The molecule has 0 aliphatic carbocycles. The maximum Gasteiger partial charge on any atom is 0.416 e. The summed E-state index contributed by atoms with van der Waals surface area (Å²) in [4.78, 5) is 0. The average molecular weight is 310 g/mol. The Labute approximate surface area is 103 Å². The van der Waals surface area contributed by atoms with Crippen molar-refractivity contribution in [2.45, 2.75) is 6.18 Å². The first kappa shape index (κ1) is 11.7. The molecular formula is C11H5BrClF3. The molecule has 0 aliphatic rings. The molecule has 16 heavy (non-hydrogen) atoms. The van der Waals surface area contributed by atoms with Crippen LogP contribution in [-0.4, -0.2) is 0 Å². The Hall–Kier alpha value is -0.740. The zero-order valence-electron chi connectivity index (χ0n) is 7.78. The zero-order valence-corrected chi connectivity index (χ0v) is 10.1. The fourth-order valence-corrected chi connectivity index (χ4v) is 2.21. The molecule has 0 atom stereocenters. The second-order valence-electron chi connectivity index (χ2n) is 3.32. The van der Waals surface area contributed by atoms with Crippen LogP contribution in [0.5, 0.6) is 0 Å². The molecule has 0 saturated heterocycles. The Morgan fingerprint density at radius 2 is 1.75 bits per heavy atom. The first-order chi connectivity index (χ1) is 7.38. The molecule has 2 aromatic carbocycles. The molecule has 0 nitrogen and oxygen atoms in total. The van der Waals surface area contributed by atoms with E-state index < -0.39 is 11.7 Å². The fraction of sp³-hybridized carbons (Fsp3) is 0.0909. The third-order valence-electron chi connectivity index (χ3n) is 2.19. The minimum atomic E-state index is -4.34. The highest BCUT2D eigenvalue weighted by Gasteiger charge is 2.31. The van der Waals surface area contributed by atoms with Crippen molar-refractivity contribution in [3.05, 3.63) is 45.4 Å². The van der Waals surface area contributed by atoms with E-state index in [0.717, 1.165) is 12.1 Å². The standard InChI is InChI=1S/C11H5BrClF3/c12-10-4-7(11(14,15)16)3-6-1-2-8(13)5-9(6)10/h1-5H. The number of halogens is 5. The van der Waals surface area contributed by atoms with Gasteiger partial charge in [-0.05, 0) is 35.0 Å². The highest BCUT2D eigenvalue weighted by atomic mass is 79.9. The van der Waals surface area contributed by atoms with Gasteiger partial charge >= 0.3 is 6.18 Å². The Morgan fingerprint density at radius 3 is 2.38 bits per heavy atom. The summed E-state index contributed by atoms with van der Waals surface area (Å²) in [6.07, 6.45) is -4.34. The van der Waals surface area contributed by atoms with Crippen molar-refractivity contribution >= 4 is 38.3 Å². The van der Waals surface area contributed by atoms with Crippen LogP contribution in [0.1, 0.15) is 5.56 Å². The van der Waals surface area contributed by atoms with E-state index in [0.29, 0.717) is 20.3 Å². The Balaban J connectivity index is 2.74. The smallest absolute Gasteiger partial charge is 0.166 e. The molecule has 5 heteroatoms. The first-order valence-corrected chi connectivity index (χ1v) is 5.51. The van der Waals surface area contributed by atoms with E-state index in [1.807, 2.05) is 0 Å². The molecule has 0 bridgehead atoms. The maximum atomic E-state index is 12.5. The lowest BCUT2D eigenvalue weighted by Gasteiger charge is -2.09. The fourth-order valence-electron chi connectivity index (χ4n) is 1.45. The second-order valence-corrected chi connectivity index (χ2v) is 4.61. The van der Waals surface area contributed by atoms with Gasteiger partial charge in [0.2, 0.25) is 0 Å². The van der Waals surface area contributed by atoms with Gasteiger partial charge in [0.25, 0.3) is 0 Å². The van der Waals surface area contributed by atoms with Crippen molar-refractivity contribution in [1.82, 2.24) is 0 Å². The molecule has 0 saturated carbocycles. The molecule has 2 aromatic rings. The third-order valence-corrected chi connectivity index (χ3v) is 3.08. The van der Waals surface area contributed by atoms with E-state index in [9.17, 15) is 13.2 Å². The van der Waals surface area contributed by atoms with Gasteiger partial charge in [-0.2, -0.15) is 13.2 Å². The number of alkyl halides is 3. The summed E-state index contributed by atoms with van der Waals surface area (Å²) >= 11 is 8.89. The molecule has 0 amide bonds. The van der Waals surface area contributed by atoms with Gasteiger partial charge in [0.1, 0.15) is 0 Å². The van der Waals surface area contributed by atoms with Crippen LogP contribution in [0.15, 0.2) is 34.8 Å². The normalized spacial score (nSPS) is 12.1. The van der Waals surface area contributed by atoms with E-state index in [1.165, 1.54) is 0 Å². The summed E-state index contributed by atoms with van der Waals surface area (Å²) in [7, 11) is 0. The van der Waals surface area contributed by atoms with Crippen LogP contribution in [-0.2, 0) is 6.18 Å². The Bertz CT molecular complexity index is 549. The van der Waals surface area contributed by atoms with E-state index >= 15 is 0 Å². The van der Waals surface area contributed by atoms with E-state index in [2.05, 4.69) is 15.9 Å². The van der Waals surface area contributed by atoms with Crippen LogP contribution in [0, 0.1) is 0 Å². The topological polar surface area (TPSA) is 0 Å². The number of benzene rings is 2. The van der Waals surface area contributed by atoms with Gasteiger partial charge in [-0.3, -0.25) is 0 Å². The molecule has 0 spiro atoms. The lowest BCUT2D eigenvalue weighted by molar-refractivity contribution is -0.137. The second kappa shape index (κ2) is 3.93. The molecule has 0 aliphatic heterocycles. The number of rotatable bonds is 0. The lowest BCUT2D eigenvalue weighted by atomic mass is 10.1. The van der Waals surface area contributed by atoms with Gasteiger partial charge in [0.05, 0.1) is 5.56 Å². The van der Waals surface area contributed by atoms with Crippen LogP contribution in [0.2, 0.25) is 5.02 Å². The van der Waals surface area contributed by atoms with Crippen LogP contribution in [0.25, 0.3) is 10.8 Å². The number of fused-ring (bicyclic) bond motifs is 1. The summed E-state index contributed by atoms with van der Waals surface area (Å²) in [5.41, 5.74) is -0.672. The predicted molar refractivity (Wildman–Crippen MR) is 61.7 cm³/mol. The summed E-state index contributed by atoms with van der Waals surface area (Å²) in [5.74, 6) is 0. The Kier molecular flexibility index (Phi) is 2.88. The molecule has 0 heterocycles. The van der Waals surface area contributed by atoms with Crippen LogP contribution < -0.4 is 0 Å². The van der Waals surface area contributed by atoms with Crippen LogP contribution in [0.4, 0.5) is 13.2 Å². The highest BCUT2D eigenvalue weighted by molar-refractivity contribution is 9.10. The van der Waals surface area contributed by atoms with Gasteiger partial charge in [-0.15, -0.1) is 0 Å². The highest BCUT2D eigenvalue weighted by Crippen LogP contribution is 2.35. The summed E-state index contributed by atoms with van der Waals surface area (Å²) < 4.78 is 38.0. The van der Waals surface area contributed by atoms with Crippen molar-refractivity contribution in [3.63, 3.8) is 0 Å². The molecular weight excluding hydrogens is 304 g/mol. The average Bonchev–Trinajstić information content (AvgIpc) is 2.17. The quantitative estimate of drug-likeness (QED) is 0.621. The van der Waals surface area contributed by atoms with Crippen LogP contribution >= 0.6 is 27.5 Å². The van der Waals surface area contributed by atoms with Crippen molar-refractivity contribution in [2.24, 2.45) is 0 Å². The van der Waals surface area contributed by atoms with Crippen LogP contribution in [0.3, 0.4) is 0 Å². The SMILES string of the molecule is FC(F)(F)c1cc(Br)c2cc(Cl)ccc2c1. The predicted octanol–water partition coefficient (Wildman–Crippen LogP) is 5.27. The first-order valence-electron chi connectivity index (χ1n) is 4.34. The summed E-state index contributed by atoms with van der Waals surface area (Å²) in [5, 5.41) is 1.67. The minimum Gasteiger partial charge on any atom is -0.166 e. The van der Waals surface area contributed by atoms with Crippen molar-refractivity contribution < 1.29 is 13.2 Å². The largest absolute Gasteiger partial charge is 0.416 e. The van der Waals surface area contributed by atoms with E-state index in [-0.39, 0.29) is 0 Å². The molecule has 0 N–H and O–H groups in total. The van der Waals surface area contributed by atoms with Gasteiger partial charge < -0.3 is 0 Å². The molecule has 84 valence electrons. The zero-order chi connectivity index (χ0) is 11.9.